The standard InChI is InChI=1S/C26H28N2OSi.C15H15B/c1-2-3-19-29-24-15-10-16-25(20-24)30-26(28-18-17-27-21-28,22-11-6-4-7-12-22)23-13-8-5-9-14-23;1-3-7-13(8-4-1)16(15-11-12-15)14-9-5-2-6-10-14/h4-18,20-21H,2-3,19,30H2,1H3;1-10,15H,11-12H2. The summed E-state index contributed by atoms with van der Waals surface area (Å²) in [4.78, 5) is 4.41. The minimum atomic E-state index is -0.877. The van der Waals surface area contributed by atoms with Crippen molar-refractivity contribution in [2.45, 2.75) is 43.6 Å². The first-order valence-corrected chi connectivity index (χ1v) is 18.1. The highest BCUT2D eigenvalue weighted by molar-refractivity contribution is 6.86. The largest absolute Gasteiger partial charge is 0.494 e. The summed E-state index contributed by atoms with van der Waals surface area (Å²) in [6, 6.07) is 52.1. The molecule has 0 aliphatic heterocycles. The SMILES string of the molecule is CCCCOc1cccc([SiH2]C(c2ccccc2)(c2ccccc2)n2ccnc2)c1.c1ccc(B(c2ccccc2)C2CC2)cc1. The van der Waals surface area contributed by atoms with Crippen LogP contribution in [0.4, 0.5) is 0 Å². The summed E-state index contributed by atoms with van der Waals surface area (Å²) < 4.78 is 8.29. The Bertz CT molecular complexity index is 1650. The van der Waals surface area contributed by atoms with Crippen molar-refractivity contribution in [3.8, 4) is 5.75 Å². The van der Waals surface area contributed by atoms with Crippen LogP contribution in [0.3, 0.4) is 0 Å². The van der Waals surface area contributed by atoms with Gasteiger partial charge < -0.3 is 9.30 Å². The first kappa shape index (κ1) is 31.4. The molecular formula is C41H43BN2OSi. The van der Waals surface area contributed by atoms with Gasteiger partial charge in [0.2, 0.25) is 6.71 Å². The molecule has 5 aromatic carbocycles. The maximum atomic E-state index is 6.01. The highest BCUT2D eigenvalue weighted by Crippen LogP contribution is 2.38. The van der Waals surface area contributed by atoms with E-state index in [4.69, 9.17) is 4.74 Å². The summed E-state index contributed by atoms with van der Waals surface area (Å²) in [6.45, 7) is 3.57. The molecule has 3 nitrogen and oxygen atoms in total. The summed E-state index contributed by atoms with van der Waals surface area (Å²) in [7, 11) is -0.877. The van der Waals surface area contributed by atoms with Crippen molar-refractivity contribution in [3.05, 3.63) is 175 Å². The minimum Gasteiger partial charge on any atom is -0.494 e. The van der Waals surface area contributed by atoms with Crippen LogP contribution in [0.1, 0.15) is 43.7 Å². The minimum absolute atomic E-state index is 0.263. The molecule has 5 heteroatoms. The second kappa shape index (κ2) is 15.6. The number of rotatable bonds is 12. The molecule has 0 bridgehead atoms. The van der Waals surface area contributed by atoms with Gasteiger partial charge in [-0.25, -0.2) is 4.98 Å². The van der Waals surface area contributed by atoms with E-state index in [0.29, 0.717) is 6.71 Å². The molecular weight excluding hydrogens is 575 g/mol. The van der Waals surface area contributed by atoms with Crippen LogP contribution in [0.25, 0.3) is 0 Å². The molecule has 1 heterocycles. The van der Waals surface area contributed by atoms with Gasteiger partial charge in [-0.2, -0.15) is 0 Å². The highest BCUT2D eigenvalue weighted by atomic mass is 28.2. The molecule has 1 aliphatic rings. The van der Waals surface area contributed by atoms with Crippen molar-refractivity contribution in [2.75, 3.05) is 6.61 Å². The van der Waals surface area contributed by atoms with E-state index in [1.165, 1.54) is 40.1 Å². The van der Waals surface area contributed by atoms with Gasteiger partial charge in [-0.05, 0) is 29.7 Å². The summed E-state index contributed by atoms with van der Waals surface area (Å²) in [5.74, 6) is 1.83. The van der Waals surface area contributed by atoms with E-state index in [1.807, 2.05) is 12.5 Å². The van der Waals surface area contributed by atoms with Crippen molar-refractivity contribution >= 4 is 32.3 Å². The van der Waals surface area contributed by atoms with Crippen LogP contribution in [0.15, 0.2) is 164 Å². The van der Waals surface area contributed by atoms with E-state index in [-0.39, 0.29) is 5.16 Å². The quantitative estimate of drug-likeness (QED) is 0.112. The van der Waals surface area contributed by atoms with Crippen molar-refractivity contribution < 1.29 is 4.74 Å². The molecule has 0 unspecified atom stereocenters. The monoisotopic (exact) mass is 618 g/mol. The zero-order chi connectivity index (χ0) is 31.4. The van der Waals surface area contributed by atoms with Gasteiger partial charge in [-0.1, -0.05) is 182 Å². The molecule has 0 atom stereocenters. The van der Waals surface area contributed by atoms with E-state index >= 15 is 0 Å². The molecule has 230 valence electrons. The van der Waals surface area contributed by atoms with E-state index in [2.05, 4.69) is 168 Å². The van der Waals surface area contributed by atoms with E-state index in [0.717, 1.165) is 31.0 Å². The second-order valence-electron chi connectivity index (χ2n) is 12.2. The van der Waals surface area contributed by atoms with Gasteiger partial charge in [0, 0.05) is 12.4 Å². The lowest BCUT2D eigenvalue weighted by Crippen LogP contribution is -2.46. The van der Waals surface area contributed by atoms with Gasteiger partial charge in [0.15, 0.2) is 0 Å². The zero-order valence-corrected chi connectivity index (χ0v) is 28.2. The normalized spacial score (nSPS) is 12.8. The maximum absolute atomic E-state index is 6.01. The Hall–Kier alpha value is -4.61. The van der Waals surface area contributed by atoms with Crippen LogP contribution in [0.2, 0.25) is 5.82 Å². The Labute approximate surface area is 277 Å². The molecule has 0 N–H and O–H groups in total. The van der Waals surface area contributed by atoms with Crippen molar-refractivity contribution in [2.24, 2.45) is 0 Å². The molecule has 1 aliphatic carbocycles. The van der Waals surface area contributed by atoms with Crippen molar-refractivity contribution in [3.63, 3.8) is 0 Å². The zero-order valence-electron chi connectivity index (χ0n) is 26.8. The Morgan fingerprint density at radius 3 is 1.80 bits per heavy atom. The first-order chi connectivity index (χ1) is 22.8. The number of unbranched alkanes of at least 4 members (excludes halogenated alkanes) is 1. The van der Waals surface area contributed by atoms with Gasteiger partial charge in [-0.3, -0.25) is 0 Å². The highest BCUT2D eigenvalue weighted by Gasteiger charge is 2.37. The first-order valence-electron chi connectivity index (χ1n) is 16.7. The van der Waals surface area contributed by atoms with Gasteiger partial charge in [0.1, 0.15) is 5.75 Å². The average molecular weight is 619 g/mol. The molecule has 0 amide bonds. The number of hydrogen-bond acceptors (Lipinski definition) is 2. The lowest BCUT2D eigenvalue weighted by molar-refractivity contribution is 0.309. The summed E-state index contributed by atoms with van der Waals surface area (Å²) in [5, 5.41) is 1.10. The average Bonchev–Trinajstić information content (AvgIpc) is 3.80. The number of ether oxygens (including phenoxy) is 1. The number of nitrogens with zero attached hydrogens (tertiary/aromatic N) is 2. The predicted octanol–water partition coefficient (Wildman–Crippen LogP) is 6.77. The van der Waals surface area contributed by atoms with Crippen molar-refractivity contribution in [1.29, 1.82) is 0 Å². The third-order valence-electron chi connectivity index (χ3n) is 8.98. The third kappa shape index (κ3) is 7.60. The summed E-state index contributed by atoms with van der Waals surface area (Å²) >= 11 is 0. The molecule has 0 radical (unpaired) electrons. The molecule has 46 heavy (non-hydrogen) atoms. The second-order valence-corrected chi connectivity index (χ2v) is 14.4. The predicted molar refractivity (Wildman–Crippen MR) is 197 cm³/mol. The molecule has 0 saturated heterocycles. The van der Waals surface area contributed by atoms with E-state index in [9.17, 15) is 0 Å². The van der Waals surface area contributed by atoms with Gasteiger partial charge in [0.25, 0.3) is 0 Å². The van der Waals surface area contributed by atoms with Gasteiger partial charge in [-0.15, -0.1) is 0 Å². The van der Waals surface area contributed by atoms with Crippen LogP contribution in [-0.2, 0) is 5.16 Å². The van der Waals surface area contributed by atoms with Crippen LogP contribution >= 0.6 is 0 Å². The Morgan fingerprint density at radius 2 is 1.30 bits per heavy atom. The topological polar surface area (TPSA) is 27.1 Å². The summed E-state index contributed by atoms with van der Waals surface area (Å²) in [6.07, 6.45) is 10.9. The Kier molecular flexibility index (Phi) is 10.6. The molecule has 1 fully saturated rings. The smallest absolute Gasteiger partial charge is 0.212 e. The Balaban J connectivity index is 0.000000194. The lowest BCUT2D eigenvalue weighted by atomic mass is 9.37. The van der Waals surface area contributed by atoms with E-state index in [1.54, 1.807) is 0 Å². The molecule has 6 aromatic rings. The van der Waals surface area contributed by atoms with E-state index < -0.39 is 9.52 Å². The van der Waals surface area contributed by atoms with Crippen LogP contribution in [0.5, 0.6) is 5.75 Å². The van der Waals surface area contributed by atoms with Gasteiger partial charge in [0.05, 0.1) is 27.6 Å². The molecule has 7 rings (SSSR count). The fourth-order valence-corrected chi connectivity index (χ4v) is 8.93. The number of aromatic nitrogens is 2. The number of benzene rings is 5. The molecule has 1 aromatic heterocycles. The fourth-order valence-electron chi connectivity index (χ4n) is 6.53. The number of imidazole rings is 1. The molecule has 1 saturated carbocycles. The lowest BCUT2D eigenvalue weighted by Gasteiger charge is -2.37. The number of hydrogen-bond donors (Lipinski definition) is 0. The van der Waals surface area contributed by atoms with Crippen LogP contribution in [0, 0.1) is 0 Å². The van der Waals surface area contributed by atoms with Gasteiger partial charge >= 0.3 is 0 Å². The summed E-state index contributed by atoms with van der Waals surface area (Å²) in [5.41, 5.74) is 5.52. The van der Waals surface area contributed by atoms with Crippen LogP contribution in [-0.4, -0.2) is 32.4 Å². The van der Waals surface area contributed by atoms with Crippen LogP contribution < -0.4 is 20.8 Å². The fraction of sp³-hybridized carbons (Fsp3) is 0.195. The third-order valence-corrected chi connectivity index (χ3v) is 11.5. The molecule has 0 spiro atoms. The van der Waals surface area contributed by atoms with Crippen molar-refractivity contribution in [1.82, 2.24) is 9.55 Å². The maximum Gasteiger partial charge on any atom is 0.212 e. The Morgan fingerprint density at radius 1 is 0.739 bits per heavy atom.